The van der Waals surface area contributed by atoms with Gasteiger partial charge in [-0.05, 0) is 32.1 Å². The molecule has 0 spiro atoms. The predicted molar refractivity (Wildman–Crippen MR) is 71.5 cm³/mol. The summed E-state index contributed by atoms with van der Waals surface area (Å²) in [5.41, 5.74) is 0.243. The van der Waals surface area contributed by atoms with E-state index < -0.39 is 11.9 Å². The molecule has 0 bridgehead atoms. The molecule has 0 aromatic rings. The molecule has 3 atom stereocenters. The first-order valence-corrected chi connectivity index (χ1v) is 6.68. The summed E-state index contributed by atoms with van der Waals surface area (Å²) < 4.78 is 4.63. The molecule has 1 aliphatic rings. The first-order chi connectivity index (χ1) is 8.88. The summed E-state index contributed by atoms with van der Waals surface area (Å²) in [7, 11) is 1.29. The van der Waals surface area contributed by atoms with Gasteiger partial charge >= 0.3 is 5.97 Å². The average molecular weight is 266 g/mol. The Morgan fingerprint density at radius 1 is 1.37 bits per heavy atom. The monoisotopic (exact) mass is 266 g/mol. The van der Waals surface area contributed by atoms with Gasteiger partial charge in [-0.3, -0.25) is 4.79 Å². The van der Waals surface area contributed by atoms with Gasteiger partial charge in [-0.25, -0.2) is 4.79 Å². The van der Waals surface area contributed by atoms with Gasteiger partial charge in [0.25, 0.3) is 0 Å². The normalized spacial score (nSPS) is 26.9. The molecule has 0 aromatic carbocycles. The summed E-state index contributed by atoms with van der Waals surface area (Å²) in [5, 5.41) is 0. The molecular formula is C15H22O4. The van der Waals surface area contributed by atoms with Gasteiger partial charge in [0.05, 0.1) is 7.11 Å². The molecule has 0 N–H and O–H groups in total. The summed E-state index contributed by atoms with van der Waals surface area (Å²) in [6, 6.07) is 0. The Morgan fingerprint density at radius 2 is 2.00 bits per heavy atom. The summed E-state index contributed by atoms with van der Waals surface area (Å²) in [6.07, 6.45) is 2.50. The van der Waals surface area contributed by atoms with Gasteiger partial charge in [0.15, 0.2) is 0 Å². The summed E-state index contributed by atoms with van der Waals surface area (Å²) in [4.78, 5) is 35.0. The molecule has 0 radical (unpaired) electrons. The average Bonchev–Trinajstić information content (AvgIpc) is 2.36. The van der Waals surface area contributed by atoms with Crippen molar-refractivity contribution in [1.82, 2.24) is 0 Å². The molecule has 0 saturated heterocycles. The lowest BCUT2D eigenvalue weighted by molar-refractivity contribution is -0.140. The molecule has 1 aliphatic carbocycles. The second-order valence-electron chi connectivity index (χ2n) is 5.37. The molecule has 1 rings (SSSR count). The van der Waals surface area contributed by atoms with Crippen LogP contribution in [-0.4, -0.2) is 24.6 Å². The van der Waals surface area contributed by atoms with Crippen molar-refractivity contribution in [2.24, 2.45) is 17.8 Å². The van der Waals surface area contributed by atoms with Crippen LogP contribution in [0.15, 0.2) is 12.2 Å². The highest BCUT2D eigenvalue weighted by atomic mass is 16.5. The van der Waals surface area contributed by atoms with Gasteiger partial charge in [-0.1, -0.05) is 13.5 Å². The fourth-order valence-electron chi connectivity index (χ4n) is 2.72. The lowest BCUT2D eigenvalue weighted by Gasteiger charge is -2.33. The van der Waals surface area contributed by atoms with E-state index in [-0.39, 0.29) is 29.0 Å². The van der Waals surface area contributed by atoms with Crippen LogP contribution in [0.4, 0.5) is 0 Å². The third-order valence-corrected chi connectivity index (χ3v) is 3.98. The minimum atomic E-state index is -0.516. The maximum atomic E-state index is 12.4. The van der Waals surface area contributed by atoms with Gasteiger partial charge in [-0.2, -0.15) is 0 Å². The van der Waals surface area contributed by atoms with E-state index >= 15 is 0 Å². The molecule has 19 heavy (non-hydrogen) atoms. The number of carbonyl (C=O) groups excluding carboxylic acids is 3. The number of hydrogen-bond acceptors (Lipinski definition) is 4. The van der Waals surface area contributed by atoms with E-state index in [1.807, 2.05) is 6.92 Å². The second-order valence-corrected chi connectivity index (χ2v) is 5.37. The van der Waals surface area contributed by atoms with Crippen molar-refractivity contribution < 1.29 is 19.1 Å². The molecule has 1 saturated carbocycles. The van der Waals surface area contributed by atoms with Gasteiger partial charge in [0.1, 0.15) is 11.6 Å². The lowest BCUT2D eigenvalue weighted by atomic mass is 9.70. The maximum Gasteiger partial charge on any atom is 0.333 e. The molecular weight excluding hydrogens is 244 g/mol. The van der Waals surface area contributed by atoms with Crippen LogP contribution >= 0.6 is 0 Å². The summed E-state index contributed by atoms with van der Waals surface area (Å²) >= 11 is 0. The van der Waals surface area contributed by atoms with Gasteiger partial charge < -0.3 is 9.53 Å². The molecule has 0 aliphatic heterocycles. The van der Waals surface area contributed by atoms with Crippen molar-refractivity contribution >= 4 is 17.5 Å². The number of hydrogen-bond donors (Lipinski definition) is 0. The Kier molecular flexibility index (Phi) is 5.45. The van der Waals surface area contributed by atoms with Crippen LogP contribution < -0.4 is 0 Å². The van der Waals surface area contributed by atoms with Crippen LogP contribution in [0.1, 0.15) is 39.5 Å². The van der Waals surface area contributed by atoms with Crippen molar-refractivity contribution in [3.63, 3.8) is 0 Å². The van der Waals surface area contributed by atoms with Crippen molar-refractivity contribution in [3.8, 4) is 0 Å². The van der Waals surface area contributed by atoms with Gasteiger partial charge in [-0.15, -0.1) is 0 Å². The quantitative estimate of drug-likeness (QED) is 0.566. The number of carbonyl (C=O) groups is 3. The zero-order valence-corrected chi connectivity index (χ0v) is 11.9. The number of Topliss-reactive ketones (excluding diaryl/α,β-unsaturated/α-hetero) is 2. The molecule has 4 heteroatoms. The lowest BCUT2D eigenvalue weighted by Crippen LogP contribution is -2.36. The van der Waals surface area contributed by atoms with Crippen LogP contribution in [0.25, 0.3) is 0 Å². The van der Waals surface area contributed by atoms with Crippen LogP contribution in [0.5, 0.6) is 0 Å². The van der Waals surface area contributed by atoms with Crippen molar-refractivity contribution in [3.05, 3.63) is 12.2 Å². The number of ether oxygens (including phenoxy) is 1. The number of methoxy groups -OCH3 is 1. The highest BCUT2D eigenvalue weighted by Gasteiger charge is 2.38. The van der Waals surface area contributed by atoms with Crippen molar-refractivity contribution in [1.29, 1.82) is 0 Å². The van der Waals surface area contributed by atoms with E-state index in [1.54, 1.807) is 0 Å². The molecule has 1 fully saturated rings. The van der Waals surface area contributed by atoms with E-state index in [0.717, 1.165) is 6.42 Å². The van der Waals surface area contributed by atoms with Crippen molar-refractivity contribution in [2.45, 2.75) is 39.5 Å². The van der Waals surface area contributed by atoms with E-state index in [1.165, 1.54) is 14.0 Å². The van der Waals surface area contributed by atoms with Crippen LogP contribution in [-0.2, 0) is 19.1 Å². The standard InChI is InChI=1S/C15H22O4/c1-9-5-7-13(11(3)15(18)19-4)14(17)12(9)8-6-10(2)16/h9,12-13H,3,5-8H2,1-2,4H3/t9-,12-,13-/m1/s1. The smallest absolute Gasteiger partial charge is 0.333 e. The maximum absolute atomic E-state index is 12.4. The Morgan fingerprint density at radius 3 is 2.53 bits per heavy atom. The Hall–Kier alpha value is -1.45. The highest BCUT2D eigenvalue weighted by Crippen LogP contribution is 2.36. The van der Waals surface area contributed by atoms with Crippen LogP contribution in [0, 0.1) is 17.8 Å². The number of esters is 1. The molecule has 0 aromatic heterocycles. The van der Waals surface area contributed by atoms with E-state index in [4.69, 9.17) is 0 Å². The minimum Gasteiger partial charge on any atom is -0.466 e. The van der Waals surface area contributed by atoms with E-state index in [2.05, 4.69) is 11.3 Å². The van der Waals surface area contributed by atoms with E-state index in [0.29, 0.717) is 19.3 Å². The van der Waals surface area contributed by atoms with Crippen molar-refractivity contribution in [2.75, 3.05) is 7.11 Å². The summed E-state index contributed by atoms with van der Waals surface area (Å²) in [5.74, 6) is -0.722. The minimum absolute atomic E-state index is 0.0374. The third-order valence-electron chi connectivity index (χ3n) is 3.98. The highest BCUT2D eigenvalue weighted by molar-refractivity contribution is 5.98. The Balaban J connectivity index is 2.77. The summed E-state index contributed by atoms with van der Waals surface area (Å²) in [6.45, 7) is 7.25. The first-order valence-electron chi connectivity index (χ1n) is 6.68. The van der Waals surface area contributed by atoms with Crippen LogP contribution in [0.2, 0.25) is 0 Å². The largest absolute Gasteiger partial charge is 0.466 e. The van der Waals surface area contributed by atoms with Crippen LogP contribution in [0.3, 0.4) is 0 Å². The molecule has 4 nitrogen and oxygen atoms in total. The number of rotatable bonds is 5. The zero-order chi connectivity index (χ0) is 14.6. The molecule has 106 valence electrons. The SMILES string of the molecule is C=C(C(=O)OC)[C@H]1CC[C@@H](C)[C@@H](CCC(C)=O)C1=O. The van der Waals surface area contributed by atoms with Gasteiger partial charge in [0.2, 0.25) is 0 Å². The second kappa shape index (κ2) is 6.64. The topological polar surface area (TPSA) is 60.4 Å². The number of ketones is 2. The van der Waals surface area contributed by atoms with E-state index in [9.17, 15) is 14.4 Å². The van der Waals surface area contributed by atoms with Gasteiger partial charge in [0, 0.05) is 23.8 Å². The molecule has 0 unspecified atom stereocenters. The molecule has 0 amide bonds. The fraction of sp³-hybridized carbons (Fsp3) is 0.667. The molecule has 0 heterocycles. The Bertz CT molecular complexity index is 397. The predicted octanol–water partition coefficient (Wildman–Crippen LogP) is 2.32. The zero-order valence-electron chi connectivity index (χ0n) is 11.9. The Labute approximate surface area is 114 Å². The first kappa shape index (κ1) is 15.6. The fourth-order valence-corrected chi connectivity index (χ4v) is 2.72. The third kappa shape index (κ3) is 3.75.